The van der Waals surface area contributed by atoms with Gasteiger partial charge in [0, 0.05) is 87.2 Å². The third-order valence-corrected chi connectivity index (χ3v) is 16.8. The van der Waals surface area contributed by atoms with E-state index in [1.165, 1.54) is 4.90 Å². The van der Waals surface area contributed by atoms with E-state index in [-0.39, 0.29) is 48.9 Å². The molecule has 3 aromatic carbocycles. The molecule has 20 nitrogen and oxygen atoms in total. The van der Waals surface area contributed by atoms with Gasteiger partial charge in [0.2, 0.25) is 11.9 Å². The maximum Gasteiger partial charge on any atom is 0.318 e. The fraction of sp³-hybridized carbons (Fsp3) is 0.500. The molecule has 2 saturated heterocycles. The number of likely N-dealkylation sites (N-methyl/N-ethyl adjacent to an activating group) is 1. The minimum atomic E-state index is -1.04. The number of anilines is 6. The number of carbonyl (C=O) groups excluding carboxylic acids is 3. The number of hydrogen-bond acceptors (Lipinski definition) is 17. The van der Waals surface area contributed by atoms with E-state index in [0.717, 1.165) is 91.6 Å². The van der Waals surface area contributed by atoms with Gasteiger partial charge >= 0.3 is 6.01 Å². The molecular formula is C60H73ClFN13O7. The van der Waals surface area contributed by atoms with E-state index in [9.17, 15) is 24.0 Å². The van der Waals surface area contributed by atoms with E-state index >= 15 is 0 Å². The van der Waals surface area contributed by atoms with Gasteiger partial charge in [0.15, 0.2) is 11.6 Å². The van der Waals surface area contributed by atoms with Crippen LogP contribution in [0.25, 0.3) is 10.8 Å². The van der Waals surface area contributed by atoms with Gasteiger partial charge < -0.3 is 54.1 Å². The molecule has 5 aliphatic rings. The molecule has 10 rings (SSSR count). The minimum absolute atomic E-state index is 0.0350. The highest BCUT2D eigenvalue weighted by Gasteiger charge is 2.42. The topological polar surface area (TPSA) is 207 Å². The van der Waals surface area contributed by atoms with Gasteiger partial charge in [-0.15, -0.1) is 0 Å². The quantitative estimate of drug-likeness (QED) is 0.0469. The lowest BCUT2D eigenvalue weighted by Crippen LogP contribution is -2.55. The summed E-state index contributed by atoms with van der Waals surface area (Å²) < 4.78 is 38.0. The summed E-state index contributed by atoms with van der Waals surface area (Å²) in [6, 6.07) is 19.3. The Morgan fingerprint density at radius 2 is 1.72 bits per heavy atom. The normalized spacial score (nSPS) is 19.3. The first-order valence-corrected chi connectivity index (χ1v) is 29.1. The van der Waals surface area contributed by atoms with Gasteiger partial charge in [-0.2, -0.15) is 20.2 Å². The summed E-state index contributed by atoms with van der Waals surface area (Å²) in [7, 11) is 3.32. The molecule has 2 aromatic heterocycles. The van der Waals surface area contributed by atoms with Crippen LogP contribution in [0.15, 0.2) is 73.2 Å². The van der Waals surface area contributed by atoms with Crippen molar-refractivity contribution < 1.29 is 37.7 Å². The number of piperazine rings is 1. The number of fused-ring (bicyclic) bond motifs is 3. The Labute approximate surface area is 483 Å². The molecule has 5 aromatic rings. The van der Waals surface area contributed by atoms with Crippen LogP contribution in [-0.4, -0.2) is 165 Å². The number of halogens is 2. The Morgan fingerprint density at radius 1 is 0.915 bits per heavy atom. The SMILES string of the molecule is C=C(F)C(=O)N1CCN(c2nc(OC[C@@H]3CCCN3CCCOCCOCCNC(=O)c3ccc(Nc4ncc5c(n4)N(C4CCCC4)[C@H](CC)C(=O)N5C)c(OC)c3)nc3c2CCN(c2cccc4cccc(Cl)c24)C3)C[C@@H]1CC#N. The Hall–Kier alpha value is -7.38. The smallest absolute Gasteiger partial charge is 0.318 e. The largest absolute Gasteiger partial charge is 0.495 e. The van der Waals surface area contributed by atoms with Crippen molar-refractivity contribution in [1.82, 2.24) is 35.1 Å². The summed E-state index contributed by atoms with van der Waals surface area (Å²) in [5, 5.41) is 18.6. The number of amides is 3. The molecule has 434 valence electrons. The van der Waals surface area contributed by atoms with Crippen LogP contribution in [0, 0.1) is 11.3 Å². The summed E-state index contributed by atoms with van der Waals surface area (Å²) in [5.74, 6) is 0.227. The van der Waals surface area contributed by atoms with E-state index < -0.39 is 17.8 Å². The number of nitrogens with one attached hydrogen (secondary N) is 2. The summed E-state index contributed by atoms with van der Waals surface area (Å²) in [6.45, 7) is 11.5. The number of carbonyl (C=O) groups is 3. The first-order valence-electron chi connectivity index (χ1n) is 28.7. The lowest BCUT2D eigenvalue weighted by atomic mass is 10.0. The summed E-state index contributed by atoms with van der Waals surface area (Å²) in [5.41, 5.74) is 4.55. The predicted molar refractivity (Wildman–Crippen MR) is 313 cm³/mol. The van der Waals surface area contributed by atoms with Crippen LogP contribution in [0.3, 0.4) is 0 Å². The zero-order valence-electron chi connectivity index (χ0n) is 47.1. The molecule has 0 radical (unpaired) electrons. The third kappa shape index (κ3) is 12.8. The molecule has 3 amide bonds. The van der Waals surface area contributed by atoms with Crippen LogP contribution in [-0.2, 0) is 32.0 Å². The number of nitrogens with zero attached hydrogens (tertiary/aromatic N) is 11. The predicted octanol–water partition coefficient (Wildman–Crippen LogP) is 8.00. The summed E-state index contributed by atoms with van der Waals surface area (Å²) in [4.78, 5) is 70.9. The molecule has 1 aliphatic carbocycles. The molecule has 6 heterocycles. The second kappa shape index (κ2) is 26.7. The number of ether oxygens (including phenoxy) is 4. The Bertz CT molecular complexity index is 3170. The second-order valence-electron chi connectivity index (χ2n) is 21.5. The van der Waals surface area contributed by atoms with Crippen molar-refractivity contribution >= 4 is 74.7 Å². The Kier molecular flexibility index (Phi) is 18.8. The summed E-state index contributed by atoms with van der Waals surface area (Å²) in [6.07, 6.45) is 10.2. The third-order valence-electron chi connectivity index (χ3n) is 16.5. The number of likely N-dealkylation sites (tertiary alicyclic amines) is 1. The molecule has 1 saturated carbocycles. The maximum atomic E-state index is 14.1. The van der Waals surface area contributed by atoms with E-state index in [4.69, 9.17) is 45.5 Å². The lowest BCUT2D eigenvalue weighted by molar-refractivity contribution is -0.131. The zero-order valence-corrected chi connectivity index (χ0v) is 47.8. The first kappa shape index (κ1) is 57.8. The van der Waals surface area contributed by atoms with Crippen molar-refractivity contribution in [2.24, 2.45) is 0 Å². The van der Waals surface area contributed by atoms with Crippen molar-refractivity contribution in [2.45, 2.75) is 102 Å². The molecule has 4 aliphatic heterocycles. The second-order valence-corrected chi connectivity index (χ2v) is 21.9. The fourth-order valence-electron chi connectivity index (χ4n) is 12.3. The number of benzene rings is 3. The first-order chi connectivity index (χ1) is 39.9. The van der Waals surface area contributed by atoms with Crippen molar-refractivity contribution in [3.8, 4) is 17.8 Å². The minimum Gasteiger partial charge on any atom is -0.495 e. The van der Waals surface area contributed by atoms with Crippen LogP contribution in [0.1, 0.15) is 86.3 Å². The average molecular weight is 1140 g/mol. The van der Waals surface area contributed by atoms with E-state index in [2.05, 4.69) is 66.1 Å². The van der Waals surface area contributed by atoms with Gasteiger partial charge in [0.1, 0.15) is 29.9 Å². The van der Waals surface area contributed by atoms with Crippen molar-refractivity contribution in [3.05, 3.63) is 95.0 Å². The molecular weight excluding hydrogens is 1070 g/mol. The highest BCUT2D eigenvalue weighted by Crippen LogP contribution is 2.42. The molecule has 3 atom stereocenters. The monoisotopic (exact) mass is 1140 g/mol. The van der Waals surface area contributed by atoms with Crippen LogP contribution >= 0.6 is 11.6 Å². The lowest BCUT2D eigenvalue weighted by Gasteiger charge is -2.43. The van der Waals surface area contributed by atoms with E-state index in [1.54, 1.807) is 43.5 Å². The Balaban J connectivity index is 0.678. The number of rotatable bonds is 23. The molecule has 0 bridgehead atoms. The van der Waals surface area contributed by atoms with Crippen LogP contribution < -0.4 is 39.7 Å². The molecule has 2 N–H and O–H groups in total. The van der Waals surface area contributed by atoms with Gasteiger partial charge in [0.25, 0.3) is 11.8 Å². The average Bonchev–Trinajstić information content (AvgIpc) is 4.34. The van der Waals surface area contributed by atoms with Crippen molar-refractivity contribution in [2.75, 3.05) is 118 Å². The molecule has 82 heavy (non-hydrogen) atoms. The standard InChI is InChI=1S/C60H73ClFN13O7/c1-5-49-58(78)70(3)51-35-65-59(68-55(51)75(49)42-14-6-7-15-42)66-47-20-19-41(34-52(47)79-4)56(76)64-24-31-81-33-32-80-30-11-26-71-25-10-16-44(71)38-82-60-67-48-37-72(50-18-9-13-40-12-8-17-46(61)53(40)50)27-22-45(48)54(69-60)73-28-29-74(57(77)39(2)62)43(36-73)21-23-63/h8-9,12-13,17-20,34-35,42-44,49H,2,5-7,10-11,14-16,21-22,24-33,36-38H2,1,3-4H3,(H,64,76)(H,65,66,68)/t43-,44-,49+/m0/s1. The fourth-order valence-corrected chi connectivity index (χ4v) is 12.6. The molecule has 3 fully saturated rings. The number of methoxy groups -OCH3 is 1. The van der Waals surface area contributed by atoms with Crippen LogP contribution in [0.4, 0.5) is 39.0 Å². The maximum absolute atomic E-state index is 14.1. The number of nitriles is 1. The van der Waals surface area contributed by atoms with Crippen LogP contribution in [0.5, 0.6) is 11.8 Å². The highest BCUT2D eigenvalue weighted by atomic mass is 35.5. The molecule has 22 heteroatoms. The van der Waals surface area contributed by atoms with Crippen LogP contribution in [0.2, 0.25) is 5.02 Å². The molecule has 0 spiro atoms. The Morgan fingerprint density at radius 3 is 2.50 bits per heavy atom. The van der Waals surface area contributed by atoms with Crippen molar-refractivity contribution in [3.63, 3.8) is 0 Å². The van der Waals surface area contributed by atoms with Gasteiger partial charge in [-0.3, -0.25) is 19.3 Å². The van der Waals surface area contributed by atoms with Gasteiger partial charge in [0.05, 0.1) is 74.6 Å². The van der Waals surface area contributed by atoms with E-state index in [0.29, 0.717) is 118 Å². The van der Waals surface area contributed by atoms with E-state index in [1.807, 2.05) is 25.1 Å². The van der Waals surface area contributed by atoms with Gasteiger partial charge in [-0.05, 0) is 87.2 Å². The van der Waals surface area contributed by atoms with Crippen molar-refractivity contribution in [1.29, 1.82) is 5.26 Å². The van der Waals surface area contributed by atoms with Gasteiger partial charge in [-0.1, -0.05) is 62.2 Å². The zero-order chi connectivity index (χ0) is 57.3. The highest BCUT2D eigenvalue weighted by molar-refractivity contribution is 6.36. The molecule has 0 unspecified atom stereocenters. The van der Waals surface area contributed by atoms with Gasteiger partial charge in [-0.25, -0.2) is 9.37 Å². The summed E-state index contributed by atoms with van der Waals surface area (Å²) >= 11 is 6.79. The number of aromatic nitrogens is 4. The number of hydrogen-bond donors (Lipinski definition) is 2.